The van der Waals surface area contributed by atoms with E-state index in [1.54, 1.807) is 0 Å². The van der Waals surface area contributed by atoms with E-state index in [2.05, 4.69) is 4.98 Å². The van der Waals surface area contributed by atoms with Gasteiger partial charge in [0.05, 0.1) is 11.2 Å². The minimum Gasteiger partial charge on any atom is -0.479 e. The molecule has 0 saturated heterocycles. The topological polar surface area (TPSA) is 76.6 Å². The number of carboxylic acid groups (broad SMARTS) is 1. The Morgan fingerprint density at radius 2 is 2.16 bits per heavy atom. The molecule has 0 amide bonds. The number of carbonyl (C=O) groups is 1. The Kier molecular flexibility index (Phi) is 3.76. The van der Waals surface area contributed by atoms with E-state index in [0.29, 0.717) is 6.42 Å². The van der Waals surface area contributed by atoms with Gasteiger partial charge in [0.25, 0.3) is 0 Å². The molecule has 0 fully saturated rings. The van der Waals surface area contributed by atoms with Gasteiger partial charge in [0.2, 0.25) is 0 Å². The molecule has 5 heteroatoms. The summed E-state index contributed by atoms with van der Waals surface area (Å²) in [5.41, 5.74) is 3.15. The first-order valence-electron chi connectivity index (χ1n) is 6.18. The molecule has 5 nitrogen and oxygen atoms in total. The number of para-hydroxylation sites is 1. The van der Waals surface area contributed by atoms with E-state index in [9.17, 15) is 9.90 Å². The highest BCUT2D eigenvalue weighted by Gasteiger charge is 2.15. The number of nitrogens with one attached hydrogen (secondary N) is 1. The SMILES string of the molecule is CN(C)c1cccc2c(CC[C@H](O)C(=O)O)c[nH]c12. The molecule has 1 aromatic heterocycles. The molecule has 0 spiro atoms. The van der Waals surface area contributed by atoms with Gasteiger partial charge in [0.1, 0.15) is 0 Å². The van der Waals surface area contributed by atoms with Crippen molar-refractivity contribution in [2.24, 2.45) is 0 Å². The highest BCUT2D eigenvalue weighted by Crippen LogP contribution is 2.27. The average molecular weight is 262 g/mol. The summed E-state index contributed by atoms with van der Waals surface area (Å²) in [6, 6.07) is 6.00. The van der Waals surface area contributed by atoms with Crippen molar-refractivity contribution >= 4 is 22.6 Å². The minimum absolute atomic E-state index is 0.217. The standard InChI is InChI=1S/C14H18N2O3/c1-16(2)11-5-3-4-10-9(8-15-13(10)11)6-7-12(17)14(18)19/h3-5,8,12,15,17H,6-7H2,1-2H3,(H,18,19)/t12-/m0/s1. The number of H-pyrrole nitrogens is 1. The number of aliphatic carboxylic acids is 1. The van der Waals surface area contributed by atoms with E-state index in [4.69, 9.17) is 5.11 Å². The molecular formula is C14H18N2O3. The molecule has 0 unspecified atom stereocenters. The van der Waals surface area contributed by atoms with Gasteiger partial charge in [-0.25, -0.2) is 4.79 Å². The van der Waals surface area contributed by atoms with Gasteiger partial charge in [-0.1, -0.05) is 12.1 Å². The summed E-state index contributed by atoms with van der Waals surface area (Å²) in [5.74, 6) is -1.17. The molecule has 3 N–H and O–H groups in total. The summed E-state index contributed by atoms with van der Waals surface area (Å²) in [7, 11) is 3.95. The van der Waals surface area contributed by atoms with Crippen LogP contribution in [0.1, 0.15) is 12.0 Å². The van der Waals surface area contributed by atoms with E-state index >= 15 is 0 Å². The number of carboxylic acids is 1. The van der Waals surface area contributed by atoms with E-state index in [-0.39, 0.29) is 6.42 Å². The Hall–Kier alpha value is -2.01. The average Bonchev–Trinajstić information content (AvgIpc) is 2.78. The number of aromatic nitrogens is 1. The third-order valence-electron chi connectivity index (χ3n) is 3.23. The summed E-state index contributed by atoms with van der Waals surface area (Å²) < 4.78 is 0. The molecule has 0 aliphatic rings. The zero-order chi connectivity index (χ0) is 14.0. The second kappa shape index (κ2) is 5.32. The predicted octanol–water partition coefficient (Wildman–Crippen LogP) is 1.61. The van der Waals surface area contributed by atoms with Crippen molar-refractivity contribution in [3.8, 4) is 0 Å². The van der Waals surface area contributed by atoms with Gasteiger partial charge in [0, 0.05) is 25.7 Å². The quantitative estimate of drug-likeness (QED) is 0.765. The third kappa shape index (κ3) is 2.71. The van der Waals surface area contributed by atoms with Gasteiger partial charge < -0.3 is 20.1 Å². The first-order chi connectivity index (χ1) is 9.00. The number of hydrogen-bond donors (Lipinski definition) is 3. The number of aromatic amines is 1. The van der Waals surface area contributed by atoms with Gasteiger partial charge in [-0.2, -0.15) is 0 Å². The molecule has 0 saturated carbocycles. The Morgan fingerprint density at radius 1 is 1.42 bits per heavy atom. The van der Waals surface area contributed by atoms with Crippen LogP contribution in [0, 0.1) is 0 Å². The lowest BCUT2D eigenvalue weighted by atomic mass is 10.1. The van der Waals surface area contributed by atoms with Crippen LogP contribution in [0.2, 0.25) is 0 Å². The second-order valence-corrected chi connectivity index (χ2v) is 4.80. The number of benzene rings is 1. The molecule has 1 atom stereocenters. The summed E-state index contributed by atoms with van der Waals surface area (Å²) >= 11 is 0. The van der Waals surface area contributed by atoms with Crippen molar-refractivity contribution in [3.05, 3.63) is 30.0 Å². The zero-order valence-corrected chi connectivity index (χ0v) is 11.1. The van der Waals surface area contributed by atoms with Crippen LogP contribution in [-0.4, -0.2) is 41.4 Å². The summed E-state index contributed by atoms with van der Waals surface area (Å²) in [5, 5.41) is 19.1. The fourth-order valence-electron chi connectivity index (χ4n) is 2.19. The number of aliphatic hydroxyl groups excluding tert-OH is 1. The Labute approximate surface area is 111 Å². The highest BCUT2D eigenvalue weighted by atomic mass is 16.4. The largest absolute Gasteiger partial charge is 0.479 e. The fourth-order valence-corrected chi connectivity index (χ4v) is 2.19. The van der Waals surface area contributed by atoms with Crippen LogP contribution in [0.25, 0.3) is 10.9 Å². The molecule has 0 radical (unpaired) electrons. The van der Waals surface area contributed by atoms with Gasteiger partial charge >= 0.3 is 5.97 Å². The van der Waals surface area contributed by atoms with E-state index in [1.807, 2.05) is 43.4 Å². The lowest BCUT2D eigenvalue weighted by Crippen LogP contribution is -2.19. The van der Waals surface area contributed by atoms with Crippen molar-refractivity contribution in [1.82, 2.24) is 4.98 Å². The Balaban J connectivity index is 2.26. The molecule has 1 heterocycles. The minimum atomic E-state index is -1.30. The zero-order valence-electron chi connectivity index (χ0n) is 11.1. The Morgan fingerprint density at radius 3 is 2.79 bits per heavy atom. The maximum atomic E-state index is 10.6. The van der Waals surface area contributed by atoms with Crippen molar-refractivity contribution in [2.45, 2.75) is 18.9 Å². The molecule has 2 aromatic rings. The number of aliphatic hydroxyl groups is 1. The fraction of sp³-hybridized carbons (Fsp3) is 0.357. The summed E-state index contributed by atoms with van der Waals surface area (Å²) in [6.07, 6.45) is 1.33. The second-order valence-electron chi connectivity index (χ2n) is 4.80. The molecule has 19 heavy (non-hydrogen) atoms. The van der Waals surface area contributed by atoms with Gasteiger partial charge in [-0.05, 0) is 24.5 Å². The van der Waals surface area contributed by atoms with Crippen molar-refractivity contribution in [3.63, 3.8) is 0 Å². The number of anilines is 1. The number of fused-ring (bicyclic) bond motifs is 1. The molecule has 0 bridgehead atoms. The van der Waals surface area contributed by atoms with Crippen LogP contribution in [0.4, 0.5) is 5.69 Å². The van der Waals surface area contributed by atoms with Crippen LogP contribution in [-0.2, 0) is 11.2 Å². The Bertz CT molecular complexity index is 589. The molecular weight excluding hydrogens is 244 g/mol. The predicted molar refractivity (Wildman–Crippen MR) is 74.6 cm³/mol. The molecule has 0 aliphatic heterocycles. The molecule has 1 aromatic carbocycles. The van der Waals surface area contributed by atoms with E-state index < -0.39 is 12.1 Å². The van der Waals surface area contributed by atoms with Crippen LogP contribution in [0.15, 0.2) is 24.4 Å². The van der Waals surface area contributed by atoms with Crippen LogP contribution in [0.5, 0.6) is 0 Å². The maximum Gasteiger partial charge on any atom is 0.332 e. The molecule has 102 valence electrons. The third-order valence-corrected chi connectivity index (χ3v) is 3.23. The lowest BCUT2D eigenvalue weighted by molar-refractivity contribution is -0.146. The summed E-state index contributed by atoms with van der Waals surface area (Å²) in [6.45, 7) is 0. The highest BCUT2D eigenvalue weighted by molar-refractivity contribution is 5.93. The van der Waals surface area contributed by atoms with Crippen molar-refractivity contribution in [1.29, 1.82) is 0 Å². The van der Waals surface area contributed by atoms with Crippen LogP contribution >= 0.6 is 0 Å². The first kappa shape index (κ1) is 13.4. The monoisotopic (exact) mass is 262 g/mol. The van der Waals surface area contributed by atoms with Crippen LogP contribution in [0.3, 0.4) is 0 Å². The smallest absolute Gasteiger partial charge is 0.332 e. The first-order valence-corrected chi connectivity index (χ1v) is 6.18. The van der Waals surface area contributed by atoms with Crippen LogP contribution < -0.4 is 4.90 Å². The van der Waals surface area contributed by atoms with Crippen molar-refractivity contribution in [2.75, 3.05) is 19.0 Å². The molecule has 0 aliphatic carbocycles. The van der Waals surface area contributed by atoms with Gasteiger partial charge in [-0.3, -0.25) is 0 Å². The maximum absolute atomic E-state index is 10.6. The number of aryl methyl sites for hydroxylation is 1. The summed E-state index contributed by atoms with van der Waals surface area (Å²) in [4.78, 5) is 15.8. The number of nitrogens with zero attached hydrogens (tertiary/aromatic N) is 1. The number of rotatable bonds is 5. The van der Waals surface area contributed by atoms with Crippen molar-refractivity contribution < 1.29 is 15.0 Å². The normalized spacial score (nSPS) is 12.6. The van der Waals surface area contributed by atoms with E-state index in [1.165, 1.54) is 0 Å². The molecule has 2 rings (SSSR count). The van der Waals surface area contributed by atoms with E-state index in [0.717, 1.165) is 22.2 Å². The number of hydrogen-bond acceptors (Lipinski definition) is 3. The van der Waals surface area contributed by atoms with Gasteiger partial charge in [-0.15, -0.1) is 0 Å². The lowest BCUT2D eigenvalue weighted by Gasteiger charge is -2.13. The van der Waals surface area contributed by atoms with Gasteiger partial charge in [0.15, 0.2) is 6.10 Å².